The first kappa shape index (κ1) is 11.5. The van der Waals surface area contributed by atoms with Gasteiger partial charge in [-0.2, -0.15) is 0 Å². The van der Waals surface area contributed by atoms with Crippen LogP contribution in [0.25, 0.3) is 0 Å². The second-order valence-electron chi connectivity index (χ2n) is 4.13. The zero-order valence-corrected chi connectivity index (χ0v) is 8.81. The van der Waals surface area contributed by atoms with Gasteiger partial charge in [-0.15, -0.1) is 0 Å². The fraction of sp³-hybridized carbons (Fsp3) is 0.900. The van der Waals surface area contributed by atoms with Crippen LogP contribution in [0.5, 0.6) is 0 Å². The van der Waals surface area contributed by atoms with E-state index in [0.717, 1.165) is 25.9 Å². The van der Waals surface area contributed by atoms with Crippen LogP contribution in [0.4, 0.5) is 0 Å². The maximum atomic E-state index is 10.7. The third-order valence-electron chi connectivity index (χ3n) is 3.16. The Morgan fingerprint density at radius 1 is 1.36 bits per heavy atom. The van der Waals surface area contributed by atoms with Gasteiger partial charge in [-0.05, 0) is 45.7 Å². The van der Waals surface area contributed by atoms with E-state index in [2.05, 4.69) is 0 Å². The van der Waals surface area contributed by atoms with Gasteiger partial charge in [0.05, 0.1) is 6.10 Å². The molecule has 0 amide bonds. The van der Waals surface area contributed by atoms with Gasteiger partial charge >= 0.3 is 5.97 Å². The molecular weight excluding hydrogens is 182 g/mol. The fourth-order valence-corrected chi connectivity index (χ4v) is 1.95. The number of carboxylic acid groups (broad SMARTS) is 1. The first-order valence-corrected chi connectivity index (χ1v) is 5.17. The molecule has 4 heteroatoms. The first-order chi connectivity index (χ1) is 6.52. The lowest BCUT2D eigenvalue weighted by molar-refractivity contribution is -0.143. The molecular formula is C10H19NO3. The Hall–Kier alpha value is -0.610. The molecule has 0 saturated carbocycles. The van der Waals surface area contributed by atoms with Crippen LogP contribution in [0.2, 0.25) is 0 Å². The van der Waals surface area contributed by atoms with E-state index in [0.29, 0.717) is 5.92 Å². The Bertz CT molecular complexity index is 198. The number of hydrogen-bond acceptors (Lipinski definition) is 3. The van der Waals surface area contributed by atoms with Crippen LogP contribution in [0.1, 0.15) is 26.7 Å². The summed E-state index contributed by atoms with van der Waals surface area (Å²) in [5, 5.41) is 18.2. The van der Waals surface area contributed by atoms with Crippen molar-refractivity contribution in [2.24, 2.45) is 5.92 Å². The molecule has 2 N–H and O–H groups in total. The Morgan fingerprint density at radius 2 is 1.86 bits per heavy atom. The molecule has 0 aliphatic carbocycles. The third kappa shape index (κ3) is 2.69. The van der Waals surface area contributed by atoms with E-state index in [1.54, 1.807) is 13.8 Å². The van der Waals surface area contributed by atoms with E-state index in [1.165, 1.54) is 0 Å². The highest BCUT2D eigenvalue weighted by Gasteiger charge is 2.27. The standard InChI is InChI=1S/C10H19NO3/c1-7(10(13)14)11-5-3-9(4-6-11)8(2)12/h7-9,12H,3-6H2,1-2H3,(H,13,14)/t7-,8+/m1/s1. The van der Waals surface area contributed by atoms with E-state index in [-0.39, 0.29) is 6.10 Å². The molecule has 0 aromatic carbocycles. The van der Waals surface area contributed by atoms with Crippen molar-refractivity contribution in [3.63, 3.8) is 0 Å². The van der Waals surface area contributed by atoms with Crippen LogP contribution in [0.15, 0.2) is 0 Å². The summed E-state index contributed by atoms with van der Waals surface area (Å²) in [7, 11) is 0. The molecule has 0 spiro atoms. The minimum absolute atomic E-state index is 0.266. The molecule has 0 radical (unpaired) electrons. The average molecular weight is 201 g/mol. The lowest BCUT2D eigenvalue weighted by atomic mass is 9.91. The van der Waals surface area contributed by atoms with E-state index in [1.807, 2.05) is 4.90 Å². The number of piperidine rings is 1. The summed E-state index contributed by atoms with van der Waals surface area (Å²) in [6.45, 7) is 5.08. The van der Waals surface area contributed by atoms with Crippen molar-refractivity contribution >= 4 is 5.97 Å². The van der Waals surface area contributed by atoms with Gasteiger partial charge in [-0.1, -0.05) is 0 Å². The summed E-state index contributed by atoms with van der Waals surface area (Å²) in [6, 6.07) is -0.398. The maximum absolute atomic E-state index is 10.7. The summed E-state index contributed by atoms with van der Waals surface area (Å²) in [6.07, 6.45) is 1.53. The maximum Gasteiger partial charge on any atom is 0.320 e. The molecule has 14 heavy (non-hydrogen) atoms. The predicted molar refractivity (Wildman–Crippen MR) is 53.1 cm³/mol. The monoisotopic (exact) mass is 201 g/mol. The van der Waals surface area contributed by atoms with Gasteiger partial charge in [-0.25, -0.2) is 0 Å². The minimum atomic E-state index is -0.763. The third-order valence-corrected chi connectivity index (χ3v) is 3.16. The number of rotatable bonds is 3. The number of aliphatic hydroxyl groups is 1. The Morgan fingerprint density at radius 3 is 2.21 bits per heavy atom. The molecule has 1 rings (SSSR count). The lowest BCUT2D eigenvalue weighted by Crippen LogP contribution is -2.45. The number of nitrogens with zero attached hydrogens (tertiary/aromatic N) is 1. The van der Waals surface area contributed by atoms with Crippen LogP contribution in [0.3, 0.4) is 0 Å². The lowest BCUT2D eigenvalue weighted by Gasteiger charge is -2.35. The zero-order valence-electron chi connectivity index (χ0n) is 8.81. The molecule has 1 fully saturated rings. The van der Waals surface area contributed by atoms with Crippen molar-refractivity contribution in [3.8, 4) is 0 Å². The summed E-state index contributed by atoms with van der Waals surface area (Å²) >= 11 is 0. The first-order valence-electron chi connectivity index (χ1n) is 5.17. The topological polar surface area (TPSA) is 60.8 Å². The zero-order chi connectivity index (χ0) is 10.7. The molecule has 82 valence electrons. The van der Waals surface area contributed by atoms with Gasteiger partial charge in [0.25, 0.3) is 0 Å². The number of aliphatic hydroxyl groups excluding tert-OH is 1. The predicted octanol–water partition coefficient (Wildman–Crippen LogP) is 0.552. The number of aliphatic carboxylic acids is 1. The molecule has 1 heterocycles. The summed E-state index contributed by atoms with van der Waals surface area (Å²) in [5.41, 5.74) is 0. The number of carbonyl (C=O) groups is 1. The van der Waals surface area contributed by atoms with Crippen molar-refractivity contribution in [2.75, 3.05) is 13.1 Å². The molecule has 1 saturated heterocycles. The summed E-state index contributed by atoms with van der Waals surface area (Å²) in [4.78, 5) is 12.7. The van der Waals surface area contributed by atoms with Crippen molar-refractivity contribution in [2.45, 2.75) is 38.8 Å². The van der Waals surface area contributed by atoms with Crippen LogP contribution in [0, 0.1) is 5.92 Å². The van der Waals surface area contributed by atoms with Gasteiger partial charge in [-0.3, -0.25) is 9.69 Å². The number of likely N-dealkylation sites (tertiary alicyclic amines) is 1. The SMILES string of the molecule is C[C@H](O)C1CCN([C@H](C)C(=O)O)CC1. The van der Waals surface area contributed by atoms with Gasteiger partial charge in [0.15, 0.2) is 0 Å². The Kier molecular flexibility index (Phi) is 3.89. The van der Waals surface area contributed by atoms with Gasteiger partial charge in [0.1, 0.15) is 6.04 Å². The summed E-state index contributed by atoms with van der Waals surface area (Å²) < 4.78 is 0. The Balaban J connectivity index is 2.39. The van der Waals surface area contributed by atoms with Crippen molar-refractivity contribution < 1.29 is 15.0 Å². The molecule has 0 unspecified atom stereocenters. The van der Waals surface area contributed by atoms with Crippen molar-refractivity contribution in [1.82, 2.24) is 4.90 Å². The van der Waals surface area contributed by atoms with E-state index >= 15 is 0 Å². The van der Waals surface area contributed by atoms with Crippen LogP contribution in [-0.4, -0.2) is 46.3 Å². The molecule has 1 aliphatic rings. The van der Waals surface area contributed by atoms with Gasteiger partial charge in [0, 0.05) is 0 Å². The molecule has 1 aliphatic heterocycles. The highest BCUT2D eigenvalue weighted by Crippen LogP contribution is 2.21. The molecule has 0 bridgehead atoms. The molecule has 0 aromatic rings. The second-order valence-corrected chi connectivity index (χ2v) is 4.13. The van der Waals surface area contributed by atoms with Crippen LogP contribution < -0.4 is 0 Å². The van der Waals surface area contributed by atoms with E-state index in [4.69, 9.17) is 5.11 Å². The van der Waals surface area contributed by atoms with E-state index in [9.17, 15) is 9.90 Å². The molecule has 2 atom stereocenters. The smallest absolute Gasteiger partial charge is 0.320 e. The quantitative estimate of drug-likeness (QED) is 0.700. The Labute approximate surface area is 84.5 Å². The van der Waals surface area contributed by atoms with Crippen LogP contribution in [-0.2, 0) is 4.79 Å². The van der Waals surface area contributed by atoms with Crippen molar-refractivity contribution in [3.05, 3.63) is 0 Å². The average Bonchev–Trinajstić information content (AvgIpc) is 2.16. The van der Waals surface area contributed by atoms with Gasteiger partial charge in [0.2, 0.25) is 0 Å². The normalized spacial score (nSPS) is 24.5. The molecule has 4 nitrogen and oxygen atoms in total. The fourth-order valence-electron chi connectivity index (χ4n) is 1.95. The largest absolute Gasteiger partial charge is 0.480 e. The van der Waals surface area contributed by atoms with E-state index < -0.39 is 12.0 Å². The van der Waals surface area contributed by atoms with Crippen molar-refractivity contribution in [1.29, 1.82) is 0 Å². The number of hydrogen-bond donors (Lipinski definition) is 2. The highest BCUT2D eigenvalue weighted by molar-refractivity contribution is 5.72. The molecule has 0 aromatic heterocycles. The second kappa shape index (κ2) is 4.75. The summed E-state index contributed by atoms with van der Waals surface area (Å²) in [5.74, 6) is -0.423. The van der Waals surface area contributed by atoms with Crippen LogP contribution >= 0.6 is 0 Å². The number of carboxylic acids is 1. The minimum Gasteiger partial charge on any atom is -0.480 e. The highest BCUT2D eigenvalue weighted by atomic mass is 16.4. The van der Waals surface area contributed by atoms with Gasteiger partial charge < -0.3 is 10.2 Å².